The third kappa shape index (κ3) is 2.92. The number of tetrazole rings is 1. The lowest BCUT2D eigenvalue weighted by molar-refractivity contribution is 0.0936. The van der Waals surface area contributed by atoms with Crippen molar-refractivity contribution in [1.82, 2.24) is 25.9 Å². The first kappa shape index (κ1) is 10.4. The third-order valence-electron chi connectivity index (χ3n) is 2.44. The van der Waals surface area contributed by atoms with Crippen LogP contribution in [-0.2, 0) is 0 Å². The average molecular weight is 227 g/mol. The zero-order valence-electron chi connectivity index (χ0n) is 8.27. The van der Waals surface area contributed by atoms with Crippen LogP contribution >= 0.6 is 11.8 Å². The molecule has 0 saturated carbocycles. The molecule has 0 aromatic carbocycles. The number of thioether (sulfide) groups is 1. The van der Waals surface area contributed by atoms with Crippen LogP contribution in [-0.4, -0.2) is 44.6 Å². The van der Waals surface area contributed by atoms with Crippen molar-refractivity contribution in [3.63, 3.8) is 0 Å². The van der Waals surface area contributed by atoms with E-state index in [-0.39, 0.29) is 11.7 Å². The van der Waals surface area contributed by atoms with E-state index in [0.29, 0.717) is 12.5 Å². The molecule has 0 unspecified atom stereocenters. The third-order valence-corrected chi connectivity index (χ3v) is 3.49. The fourth-order valence-electron chi connectivity index (χ4n) is 1.52. The molecule has 0 atom stereocenters. The number of nitrogens with one attached hydrogen (secondary N) is 2. The van der Waals surface area contributed by atoms with Crippen molar-refractivity contribution in [3.8, 4) is 0 Å². The van der Waals surface area contributed by atoms with Gasteiger partial charge in [-0.3, -0.25) is 4.79 Å². The Balaban J connectivity index is 1.75. The molecule has 82 valence electrons. The first-order valence-corrected chi connectivity index (χ1v) is 6.11. The summed E-state index contributed by atoms with van der Waals surface area (Å²) >= 11 is 1.98. The molecule has 1 aromatic rings. The molecule has 1 saturated heterocycles. The number of amides is 1. The number of carbonyl (C=O) groups excluding carboxylic acids is 1. The Morgan fingerprint density at radius 3 is 3.00 bits per heavy atom. The molecular formula is C8H13N5OS. The summed E-state index contributed by atoms with van der Waals surface area (Å²) in [6.45, 7) is 0.716. The molecule has 0 radical (unpaired) electrons. The molecule has 1 aromatic heterocycles. The number of carbonyl (C=O) groups is 1. The number of nitrogens with zero attached hydrogens (tertiary/aromatic N) is 3. The van der Waals surface area contributed by atoms with Gasteiger partial charge in [0.05, 0.1) is 0 Å². The lowest BCUT2D eigenvalue weighted by atomic mass is 10.0. The van der Waals surface area contributed by atoms with Gasteiger partial charge in [0, 0.05) is 6.54 Å². The molecule has 1 aliphatic heterocycles. The van der Waals surface area contributed by atoms with Crippen LogP contribution in [0.1, 0.15) is 23.5 Å². The van der Waals surface area contributed by atoms with Gasteiger partial charge in [0.15, 0.2) is 0 Å². The summed E-state index contributed by atoms with van der Waals surface area (Å²) in [4.78, 5) is 11.4. The summed E-state index contributed by atoms with van der Waals surface area (Å²) in [6, 6.07) is 0. The predicted octanol–water partition coefficient (Wildman–Crippen LogP) is 0.0727. The van der Waals surface area contributed by atoms with E-state index in [1.807, 2.05) is 11.8 Å². The van der Waals surface area contributed by atoms with Gasteiger partial charge < -0.3 is 5.32 Å². The van der Waals surface area contributed by atoms with E-state index in [2.05, 4.69) is 25.9 Å². The molecule has 0 bridgehead atoms. The molecule has 6 nitrogen and oxygen atoms in total. The first-order valence-electron chi connectivity index (χ1n) is 4.95. The van der Waals surface area contributed by atoms with Crippen LogP contribution in [0, 0.1) is 5.92 Å². The van der Waals surface area contributed by atoms with E-state index in [0.717, 1.165) is 0 Å². The van der Waals surface area contributed by atoms with Crippen molar-refractivity contribution in [2.75, 3.05) is 18.1 Å². The van der Waals surface area contributed by atoms with E-state index in [1.165, 1.54) is 24.3 Å². The fraction of sp³-hybridized carbons (Fsp3) is 0.750. The van der Waals surface area contributed by atoms with Crippen LogP contribution in [0.25, 0.3) is 0 Å². The average Bonchev–Trinajstić information content (AvgIpc) is 2.81. The summed E-state index contributed by atoms with van der Waals surface area (Å²) in [5.41, 5.74) is 0. The van der Waals surface area contributed by atoms with Crippen molar-refractivity contribution >= 4 is 17.7 Å². The molecule has 2 N–H and O–H groups in total. The number of hydrogen-bond donors (Lipinski definition) is 2. The molecule has 1 aliphatic rings. The zero-order chi connectivity index (χ0) is 10.5. The standard InChI is InChI=1S/C8H13N5OS/c14-8(7-10-12-13-11-7)9-5-6-1-3-15-4-2-6/h6H,1-5H2,(H,9,14)(H,10,11,12,13). The Bertz CT molecular complexity index is 309. The molecule has 0 spiro atoms. The molecule has 1 amide bonds. The summed E-state index contributed by atoms with van der Waals surface area (Å²) < 4.78 is 0. The number of aromatic amines is 1. The van der Waals surface area contributed by atoms with Crippen LogP contribution in [0.3, 0.4) is 0 Å². The van der Waals surface area contributed by atoms with Crippen LogP contribution < -0.4 is 5.32 Å². The second-order valence-electron chi connectivity index (χ2n) is 3.50. The van der Waals surface area contributed by atoms with Gasteiger partial charge in [-0.2, -0.15) is 17.0 Å². The van der Waals surface area contributed by atoms with Crippen molar-refractivity contribution in [2.24, 2.45) is 5.92 Å². The molecule has 15 heavy (non-hydrogen) atoms. The van der Waals surface area contributed by atoms with Gasteiger partial charge >= 0.3 is 0 Å². The van der Waals surface area contributed by atoms with Gasteiger partial charge in [-0.05, 0) is 35.5 Å². The van der Waals surface area contributed by atoms with Gasteiger partial charge in [0.25, 0.3) is 11.7 Å². The highest BCUT2D eigenvalue weighted by atomic mass is 32.2. The molecule has 2 rings (SSSR count). The normalized spacial score (nSPS) is 17.6. The van der Waals surface area contributed by atoms with Crippen LogP contribution in [0.5, 0.6) is 0 Å². The van der Waals surface area contributed by atoms with Gasteiger partial charge in [0.1, 0.15) is 0 Å². The number of aromatic nitrogens is 4. The lowest BCUT2D eigenvalue weighted by Gasteiger charge is -2.20. The quantitative estimate of drug-likeness (QED) is 0.763. The maximum absolute atomic E-state index is 11.4. The molecular weight excluding hydrogens is 214 g/mol. The maximum atomic E-state index is 11.4. The smallest absolute Gasteiger partial charge is 0.292 e. The highest BCUT2D eigenvalue weighted by Gasteiger charge is 2.16. The minimum absolute atomic E-state index is 0.111. The van der Waals surface area contributed by atoms with Crippen molar-refractivity contribution in [1.29, 1.82) is 0 Å². The summed E-state index contributed by atoms with van der Waals surface area (Å²) in [7, 11) is 0. The lowest BCUT2D eigenvalue weighted by Crippen LogP contribution is -2.31. The van der Waals surface area contributed by atoms with Crippen LogP contribution in [0.4, 0.5) is 0 Å². The number of rotatable bonds is 3. The van der Waals surface area contributed by atoms with E-state index >= 15 is 0 Å². The Morgan fingerprint density at radius 1 is 1.53 bits per heavy atom. The molecule has 7 heteroatoms. The zero-order valence-corrected chi connectivity index (χ0v) is 9.09. The molecule has 2 heterocycles. The second kappa shape index (κ2) is 5.11. The minimum atomic E-state index is -0.248. The Kier molecular flexibility index (Phi) is 3.54. The Hall–Kier alpha value is -1.11. The number of H-pyrrole nitrogens is 1. The second-order valence-corrected chi connectivity index (χ2v) is 4.73. The van der Waals surface area contributed by atoms with Crippen LogP contribution in [0.2, 0.25) is 0 Å². The van der Waals surface area contributed by atoms with Gasteiger partial charge in [-0.1, -0.05) is 0 Å². The Labute approximate surface area is 91.6 Å². The topological polar surface area (TPSA) is 83.6 Å². The number of hydrogen-bond acceptors (Lipinski definition) is 5. The van der Waals surface area contributed by atoms with Crippen molar-refractivity contribution in [2.45, 2.75) is 12.8 Å². The van der Waals surface area contributed by atoms with E-state index < -0.39 is 0 Å². The Morgan fingerprint density at radius 2 is 2.33 bits per heavy atom. The summed E-state index contributed by atoms with van der Waals surface area (Å²) in [6.07, 6.45) is 2.36. The van der Waals surface area contributed by atoms with Crippen LogP contribution in [0.15, 0.2) is 0 Å². The van der Waals surface area contributed by atoms with E-state index in [1.54, 1.807) is 0 Å². The SMILES string of the molecule is O=C(NCC1CCSCC1)c1nn[nH]n1. The predicted molar refractivity (Wildman–Crippen MR) is 56.6 cm³/mol. The summed E-state index contributed by atoms with van der Waals surface area (Å²) in [5, 5.41) is 15.6. The minimum Gasteiger partial charge on any atom is -0.349 e. The fourth-order valence-corrected chi connectivity index (χ4v) is 2.73. The van der Waals surface area contributed by atoms with Crippen molar-refractivity contribution < 1.29 is 4.79 Å². The maximum Gasteiger partial charge on any atom is 0.292 e. The summed E-state index contributed by atoms with van der Waals surface area (Å²) in [5.74, 6) is 2.86. The molecule has 0 aliphatic carbocycles. The largest absolute Gasteiger partial charge is 0.349 e. The first-order chi connectivity index (χ1) is 7.36. The van der Waals surface area contributed by atoms with Gasteiger partial charge in [0.2, 0.25) is 0 Å². The van der Waals surface area contributed by atoms with Crippen molar-refractivity contribution in [3.05, 3.63) is 5.82 Å². The van der Waals surface area contributed by atoms with E-state index in [9.17, 15) is 4.79 Å². The van der Waals surface area contributed by atoms with Gasteiger partial charge in [-0.25, -0.2) is 0 Å². The highest BCUT2D eigenvalue weighted by molar-refractivity contribution is 7.99. The van der Waals surface area contributed by atoms with Gasteiger partial charge in [-0.15, -0.1) is 10.2 Å². The molecule has 1 fully saturated rings. The monoisotopic (exact) mass is 227 g/mol. The highest BCUT2D eigenvalue weighted by Crippen LogP contribution is 2.21. The van der Waals surface area contributed by atoms with E-state index in [4.69, 9.17) is 0 Å².